The molecule has 19 heavy (non-hydrogen) atoms. The van der Waals surface area contributed by atoms with Gasteiger partial charge in [-0.05, 0) is 24.3 Å². The summed E-state index contributed by atoms with van der Waals surface area (Å²) in [6.45, 7) is -0.250. The SMILES string of the molecule is OCCO.c1ccc(OOOc2ccccc2)cc1. The summed E-state index contributed by atoms with van der Waals surface area (Å²) in [5.74, 6) is 1.18. The highest BCUT2D eigenvalue weighted by Crippen LogP contribution is 2.12. The molecule has 0 fully saturated rings. The molecule has 2 rings (SSSR count). The number of hydrogen-bond donors (Lipinski definition) is 2. The fourth-order valence-electron chi connectivity index (χ4n) is 1.05. The Morgan fingerprint density at radius 1 is 0.632 bits per heavy atom. The zero-order valence-corrected chi connectivity index (χ0v) is 10.3. The van der Waals surface area contributed by atoms with Gasteiger partial charge >= 0.3 is 0 Å². The molecule has 0 heterocycles. The van der Waals surface area contributed by atoms with Crippen LogP contribution in [0, 0.1) is 0 Å². The molecule has 0 aliphatic rings. The first-order valence-corrected chi connectivity index (χ1v) is 5.70. The first-order valence-electron chi connectivity index (χ1n) is 5.70. The summed E-state index contributed by atoms with van der Waals surface area (Å²) in [4.78, 5) is 9.78. The van der Waals surface area contributed by atoms with Crippen LogP contribution in [-0.2, 0) is 5.04 Å². The van der Waals surface area contributed by atoms with E-state index in [0.717, 1.165) is 0 Å². The van der Waals surface area contributed by atoms with Crippen molar-refractivity contribution in [1.82, 2.24) is 0 Å². The molecule has 0 radical (unpaired) electrons. The van der Waals surface area contributed by atoms with Crippen LogP contribution < -0.4 is 9.78 Å². The Hall–Kier alpha value is -2.08. The van der Waals surface area contributed by atoms with E-state index < -0.39 is 0 Å². The summed E-state index contributed by atoms with van der Waals surface area (Å²) in [7, 11) is 0. The minimum Gasteiger partial charge on any atom is -0.394 e. The van der Waals surface area contributed by atoms with E-state index in [2.05, 4.69) is 5.04 Å². The fourth-order valence-corrected chi connectivity index (χ4v) is 1.05. The van der Waals surface area contributed by atoms with Gasteiger partial charge in [-0.3, -0.25) is 9.78 Å². The molecule has 102 valence electrons. The normalized spacial score (nSPS) is 9.16. The van der Waals surface area contributed by atoms with E-state index in [1.165, 1.54) is 0 Å². The molecule has 0 amide bonds. The maximum atomic E-state index is 7.62. The third-order valence-electron chi connectivity index (χ3n) is 1.85. The van der Waals surface area contributed by atoms with Gasteiger partial charge in [0, 0.05) is 5.04 Å². The van der Waals surface area contributed by atoms with Gasteiger partial charge in [0.05, 0.1) is 13.2 Å². The Labute approximate surface area is 111 Å². The number of aliphatic hydroxyl groups excluding tert-OH is 2. The molecule has 0 aliphatic heterocycles. The average molecular weight is 264 g/mol. The molecular formula is C14H16O5. The Morgan fingerprint density at radius 3 is 1.32 bits per heavy atom. The van der Waals surface area contributed by atoms with Crippen LogP contribution in [0.15, 0.2) is 60.7 Å². The Balaban J connectivity index is 0.000000399. The van der Waals surface area contributed by atoms with E-state index >= 15 is 0 Å². The van der Waals surface area contributed by atoms with E-state index in [0.29, 0.717) is 11.5 Å². The van der Waals surface area contributed by atoms with E-state index in [4.69, 9.17) is 20.0 Å². The number of benzene rings is 2. The molecule has 0 spiro atoms. The standard InChI is InChI=1S/C12H10O3.C2H6O2/c1-3-7-11(8-4-1)13-15-14-12-9-5-2-6-10-12;3-1-2-4/h1-10H;3-4H,1-2H2. The second-order valence-electron chi connectivity index (χ2n) is 3.31. The molecule has 0 saturated carbocycles. The maximum Gasteiger partial charge on any atom is 0.169 e. The van der Waals surface area contributed by atoms with Gasteiger partial charge in [0.15, 0.2) is 11.5 Å². The number of para-hydroxylation sites is 2. The lowest BCUT2D eigenvalue weighted by Crippen LogP contribution is -2.01. The van der Waals surface area contributed by atoms with Gasteiger partial charge in [-0.25, -0.2) is 0 Å². The summed E-state index contributed by atoms with van der Waals surface area (Å²) >= 11 is 0. The van der Waals surface area contributed by atoms with Gasteiger partial charge in [0.2, 0.25) is 0 Å². The fraction of sp³-hybridized carbons (Fsp3) is 0.143. The molecule has 5 heteroatoms. The molecule has 2 aromatic carbocycles. The van der Waals surface area contributed by atoms with E-state index in [1.54, 1.807) is 24.3 Å². The van der Waals surface area contributed by atoms with Crippen molar-refractivity contribution in [2.45, 2.75) is 0 Å². The van der Waals surface area contributed by atoms with Crippen molar-refractivity contribution >= 4 is 0 Å². The van der Waals surface area contributed by atoms with Gasteiger partial charge in [-0.1, -0.05) is 36.4 Å². The summed E-state index contributed by atoms with van der Waals surface area (Å²) in [5, 5.41) is 19.9. The number of aliphatic hydroxyl groups is 2. The minimum absolute atomic E-state index is 0.125. The molecule has 2 aromatic rings. The van der Waals surface area contributed by atoms with Gasteiger partial charge < -0.3 is 10.2 Å². The van der Waals surface area contributed by atoms with Crippen LogP contribution in [0.25, 0.3) is 0 Å². The minimum atomic E-state index is -0.125. The predicted molar refractivity (Wildman–Crippen MR) is 69.4 cm³/mol. The highest BCUT2D eigenvalue weighted by atomic mass is 17.5. The van der Waals surface area contributed by atoms with E-state index in [1.807, 2.05) is 36.4 Å². The third kappa shape index (κ3) is 7.05. The molecule has 0 saturated heterocycles. The van der Waals surface area contributed by atoms with Crippen LogP contribution in [0.3, 0.4) is 0 Å². The highest BCUT2D eigenvalue weighted by molar-refractivity contribution is 5.21. The quantitative estimate of drug-likeness (QED) is 0.638. The van der Waals surface area contributed by atoms with E-state index in [-0.39, 0.29) is 13.2 Å². The highest BCUT2D eigenvalue weighted by Gasteiger charge is 1.95. The van der Waals surface area contributed by atoms with Crippen LogP contribution in [0.4, 0.5) is 0 Å². The van der Waals surface area contributed by atoms with Crippen molar-refractivity contribution in [2.24, 2.45) is 0 Å². The summed E-state index contributed by atoms with van der Waals surface area (Å²) in [6.07, 6.45) is 0. The van der Waals surface area contributed by atoms with Gasteiger partial charge in [-0.15, -0.1) is 0 Å². The zero-order valence-electron chi connectivity index (χ0n) is 10.3. The maximum absolute atomic E-state index is 7.62. The van der Waals surface area contributed by atoms with Crippen molar-refractivity contribution < 1.29 is 25.0 Å². The second-order valence-corrected chi connectivity index (χ2v) is 3.31. The zero-order chi connectivity index (χ0) is 13.8. The lowest BCUT2D eigenvalue weighted by molar-refractivity contribution is -0.411. The Bertz CT molecular complexity index is 377. The van der Waals surface area contributed by atoms with Gasteiger partial charge in [0.25, 0.3) is 0 Å². The van der Waals surface area contributed by atoms with Crippen molar-refractivity contribution in [3.05, 3.63) is 60.7 Å². The summed E-state index contributed by atoms with van der Waals surface area (Å²) in [6, 6.07) is 18.3. The van der Waals surface area contributed by atoms with E-state index in [9.17, 15) is 0 Å². The Morgan fingerprint density at radius 2 is 1.00 bits per heavy atom. The molecule has 0 aromatic heterocycles. The molecule has 0 atom stereocenters. The van der Waals surface area contributed by atoms with Crippen molar-refractivity contribution in [1.29, 1.82) is 0 Å². The first-order chi connectivity index (χ1) is 9.36. The van der Waals surface area contributed by atoms with Gasteiger partial charge in [-0.2, -0.15) is 0 Å². The lowest BCUT2D eigenvalue weighted by Gasteiger charge is -2.03. The lowest BCUT2D eigenvalue weighted by atomic mass is 10.3. The largest absolute Gasteiger partial charge is 0.394 e. The van der Waals surface area contributed by atoms with Crippen molar-refractivity contribution in [3.63, 3.8) is 0 Å². The van der Waals surface area contributed by atoms with Crippen LogP contribution >= 0.6 is 0 Å². The van der Waals surface area contributed by atoms with Crippen LogP contribution in [0.5, 0.6) is 11.5 Å². The first kappa shape index (κ1) is 15.0. The second kappa shape index (κ2) is 9.90. The summed E-state index contributed by atoms with van der Waals surface area (Å²) in [5.41, 5.74) is 0. The molecule has 0 bridgehead atoms. The number of hydrogen-bond acceptors (Lipinski definition) is 5. The average Bonchev–Trinajstić information content (AvgIpc) is 2.50. The molecular weight excluding hydrogens is 248 g/mol. The third-order valence-corrected chi connectivity index (χ3v) is 1.85. The number of rotatable bonds is 5. The molecule has 0 unspecified atom stereocenters. The Kier molecular flexibility index (Phi) is 7.80. The smallest absolute Gasteiger partial charge is 0.169 e. The van der Waals surface area contributed by atoms with Crippen molar-refractivity contribution in [3.8, 4) is 11.5 Å². The van der Waals surface area contributed by atoms with Crippen LogP contribution in [0.1, 0.15) is 0 Å². The molecule has 0 aliphatic carbocycles. The monoisotopic (exact) mass is 264 g/mol. The predicted octanol–water partition coefficient (Wildman–Crippen LogP) is 1.96. The van der Waals surface area contributed by atoms with Crippen LogP contribution in [0.2, 0.25) is 0 Å². The van der Waals surface area contributed by atoms with Gasteiger partial charge in [0.1, 0.15) is 0 Å². The van der Waals surface area contributed by atoms with Crippen molar-refractivity contribution in [2.75, 3.05) is 13.2 Å². The van der Waals surface area contributed by atoms with Crippen LogP contribution in [-0.4, -0.2) is 23.4 Å². The summed E-state index contributed by atoms with van der Waals surface area (Å²) < 4.78 is 0. The topological polar surface area (TPSA) is 68.2 Å². The molecule has 2 N–H and O–H groups in total. The molecule has 5 nitrogen and oxygen atoms in total.